The van der Waals surface area contributed by atoms with E-state index in [1.54, 1.807) is 6.08 Å². The van der Waals surface area contributed by atoms with Gasteiger partial charge in [-0.2, -0.15) is 0 Å². The molecule has 0 bridgehead atoms. The van der Waals surface area contributed by atoms with E-state index >= 15 is 0 Å². The Labute approximate surface area is 497 Å². The lowest BCUT2D eigenvalue weighted by molar-refractivity contribution is -0.359. The van der Waals surface area contributed by atoms with Crippen molar-refractivity contribution in [2.24, 2.45) is 0 Å². The maximum Gasteiger partial charge on any atom is 0.220 e. The van der Waals surface area contributed by atoms with Crippen LogP contribution in [0.5, 0.6) is 0 Å². The second-order valence-electron chi connectivity index (χ2n) is 22.9. The summed E-state index contributed by atoms with van der Waals surface area (Å²) in [6, 6.07) is -0.945. The fourth-order valence-electron chi connectivity index (χ4n) is 10.4. The van der Waals surface area contributed by atoms with Crippen LogP contribution in [0, 0.1) is 0 Å². The minimum Gasteiger partial charge on any atom is -0.394 e. The molecule has 2 heterocycles. The van der Waals surface area contributed by atoms with Gasteiger partial charge in [0.25, 0.3) is 0 Å². The van der Waals surface area contributed by atoms with Crippen molar-refractivity contribution in [3.8, 4) is 0 Å². The molecular weight excluding hydrogens is 1040 g/mol. The van der Waals surface area contributed by atoms with Crippen LogP contribution in [0.3, 0.4) is 0 Å². The number of allylic oxidation sites excluding steroid dienone is 13. The molecule has 14 nitrogen and oxygen atoms in total. The number of aliphatic hydroxyl groups excluding tert-OH is 8. The number of hydrogen-bond acceptors (Lipinski definition) is 13. The average molecular weight is 1160 g/mol. The van der Waals surface area contributed by atoms with E-state index in [0.717, 1.165) is 70.6 Å². The number of hydrogen-bond donors (Lipinski definition) is 9. The molecule has 14 heteroatoms. The van der Waals surface area contributed by atoms with E-state index in [1.165, 1.54) is 148 Å². The monoisotopic (exact) mass is 1160 g/mol. The molecule has 2 rings (SSSR count). The van der Waals surface area contributed by atoms with Gasteiger partial charge < -0.3 is 65.1 Å². The van der Waals surface area contributed by atoms with Crippen molar-refractivity contribution >= 4 is 5.91 Å². The van der Waals surface area contributed by atoms with Crippen LogP contribution < -0.4 is 5.32 Å². The Kier molecular flexibility index (Phi) is 48.2. The third-order valence-corrected chi connectivity index (χ3v) is 15.6. The van der Waals surface area contributed by atoms with Crippen LogP contribution in [-0.2, 0) is 23.7 Å². The number of carbonyl (C=O) groups is 1. The highest BCUT2D eigenvalue weighted by Crippen LogP contribution is 2.30. The Morgan fingerprint density at radius 1 is 0.451 bits per heavy atom. The van der Waals surface area contributed by atoms with E-state index in [2.05, 4.69) is 92.1 Å². The van der Waals surface area contributed by atoms with Crippen molar-refractivity contribution in [1.82, 2.24) is 5.32 Å². The molecule has 12 unspecified atom stereocenters. The van der Waals surface area contributed by atoms with E-state index in [9.17, 15) is 45.6 Å². The van der Waals surface area contributed by atoms with Gasteiger partial charge in [-0.15, -0.1) is 0 Å². The predicted octanol–water partition coefficient (Wildman–Crippen LogP) is 12.4. The largest absolute Gasteiger partial charge is 0.394 e. The molecule has 2 aliphatic heterocycles. The highest BCUT2D eigenvalue weighted by atomic mass is 16.7. The molecule has 0 aromatic carbocycles. The summed E-state index contributed by atoms with van der Waals surface area (Å²) >= 11 is 0. The highest BCUT2D eigenvalue weighted by Gasteiger charge is 2.51. The molecule has 1 amide bonds. The first-order valence-corrected chi connectivity index (χ1v) is 32.8. The van der Waals surface area contributed by atoms with Crippen molar-refractivity contribution in [3.05, 3.63) is 85.1 Å². The SMILES string of the molecule is CC/C=C\C/C=C\C/C=C\C/C=C\C/C=C\C/C=C\CCCCC(=O)NC(COC1OC(CO)C(OC2OC(CO)C(O)C(O)C2O)C(O)C1O)C(O)/C=C/CCCCCCCCCCCCCCCCCCCCCCCCCCC. The first-order valence-electron chi connectivity index (χ1n) is 32.8. The van der Waals surface area contributed by atoms with E-state index < -0.39 is 86.8 Å². The second kappa shape index (κ2) is 52.5. The molecule has 2 fully saturated rings. The van der Waals surface area contributed by atoms with Crippen molar-refractivity contribution in [2.45, 2.75) is 319 Å². The summed E-state index contributed by atoms with van der Waals surface area (Å²) < 4.78 is 22.8. The Morgan fingerprint density at radius 3 is 1.29 bits per heavy atom. The summed E-state index contributed by atoms with van der Waals surface area (Å²) in [7, 11) is 0. The minimum absolute atomic E-state index is 0.222. The molecule has 2 aliphatic rings. The zero-order valence-corrected chi connectivity index (χ0v) is 51.2. The molecule has 0 saturated carbocycles. The third kappa shape index (κ3) is 36.9. The first-order chi connectivity index (χ1) is 40.1. The van der Waals surface area contributed by atoms with Gasteiger partial charge in [0.05, 0.1) is 32.0 Å². The number of ether oxygens (including phenoxy) is 4. The van der Waals surface area contributed by atoms with Crippen molar-refractivity contribution in [3.63, 3.8) is 0 Å². The van der Waals surface area contributed by atoms with Gasteiger partial charge in [-0.3, -0.25) is 4.79 Å². The van der Waals surface area contributed by atoms with Crippen molar-refractivity contribution < 1.29 is 64.6 Å². The second-order valence-corrected chi connectivity index (χ2v) is 22.9. The minimum atomic E-state index is -1.80. The third-order valence-electron chi connectivity index (χ3n) is 15.6. The summed E-state index contributed by atoms with van der Waals surface area (Å²) in [4.78, 5) is 13.3. The predicted molar refractivity (Wildman–Crippen MR) is 332 cm³/mol. The molecule has 82 heavy (non-hydrogen) atoms. The standard InChI is InChI=1S/C68H119NO13/c1-3-5-7-9-11-13-15-17-19-21-23-25-26-27-28-29-30-32-33-35-37-39-41-43-45-47-49-51-57(72)56(55-79-67-65(78)63(76)66(59(54-71)81-67)82-68-64(77)62(75)61(74)58(53-70)80-68)69-60(73)52-50-48-46-44-42-40-38-36-34-31-24-22-20-18-16-14-12-10-8-6-4-2/h6,8,12,14,18,20,24,31,36,38,42,44,49,51,56-59,61-68,70-72,74-78H,3-5,7,9-11,13,15-17,19,21-23,25-30,32-35,37,39-41,43,45-48,50,52-55H2,1-2H3,(H,69,73)/b8-6-,14-12-,20-18-,31-24-,38-36-,44-42-,51-49+. The quantitative estimate of drug-likeness (QED) is 0.0204. The molecule has 0 aromatic rings. The Hall–Kier alpha value is -2.83. The zero-order valence-electron chi connectivity index (χ0n) is 51.2. The van der Waals surface area contributed by atoms with E-state index in [-0.39, 0.29) is 18.9 Å². The van der Waals surface area contributed by atoms with Crippen molar-refractivity contribution in [2.75, 3.05) is 19.8 Å². The summed E-state index contributed by atoms with van der Waals surface area (Å²) in [6.45, 7) is 2.67. The Balaban J connectivity index is 1.74. The molecule has 9 N–H and O–H groups in total. The van der Waals surface area contributed by atoms with Crippen LogP contribution in [0.2, 0.25) is 0 Å². The van der Waals surface area contributed by atoms with Crippen LogP contribution in [0.1, 0.15) is 245 Å². The number of nitrogens with one attached hydrogen (secondary N) is 1. The zero-order chi connectivity index (χ0) is 59.5. The normalized spacial score (nSPS) is 24.5. The average Bonchev–Trinajstić information content (AvgIpc) is 3.66. The van der Waals surface area contributed by atoms with Gasteiger partial charge >= 0.3 is 0 Å². The van der Waals surface area contributed by atoms with E-state index in [0.29, 0.717) is 6.42 Å². The lowest BCUT2D eigenvalue weighted by atomic mass is 9.97. The molecule has 12 atom stereocenters. The van der Waals surface area contributed by atoms with Crippen LogP contribution in [-0.4, -0.2) is 140 Å². The summed E-state index contributed by atoms with van der Waals surface area (Å²) in [5.41, 5.74) is 0. The van der Waals surface area contributed by atoms with Crippen LogP contribution >= 0.6 is 0 Å². The van der Waals surface area contributed by atoms with Crippen LogP contribution in [0.4, 0.5) is 0 Å². The van der Waals surface area contributed by atoms with Crippen molar-refractivity contribution in [1.29, 1.82) is 0 Å². The molecule has 0 radical (unpaired) electrons. The smallest absolute Gasteiger partial charge is 0.220 e. The van der Waals surface area contributed by atoms with Crippen LogP contribution in [0.15, 0.2) is 85.1 Å². The van der Waals surface area contributed by atoms with Gasteiger partial charge in [0, 0.05) is 6.42 Å². The van der Waals surface area contributed by atoms with Gasteiger partial charge in [-0.25, -0.2) is 0 Å². The van der Waals surface area contributed by atoms with Gasteiger partial charge in [-0.05, 0) is 70.6 Å². The Morgan fingerprint density at radius 2 is 0.841 bits per heavy atom. The van der Waals surface area contributed by atoms with Gasteiger partial charge in [0.2, 0.25) is 5.91 Å². The lowest BCUT2D eigenvalue weighted by Crippen LogP contribution is -2.65. The number of aliphatic hydroxyl groups is 8. The van der Waals surface area contributed by atoms with Gasteiger partial charge in [0.1, 0.15) is 48.8 Å². The number of carbonyl (C=O) groups excluding carboxylic acids is 1. The molecule has 0 aliphatic carbocycles. The van der Waals surface area contributed by atoms with Gasteiger partial charge in [0.15, 0.2) is 12.6 Å². The number of amides is 1. The van der Waals surface area contributed by atoms with E-state index in [1.807, 2.05) is 6.08 Å². The lowest BCUT2D eigenvalue weighted by Gasteiger charge is -2.46. The summed E-state index contributed by atoms with van der Waals surface area (Å²) in [5, 5.41) is 87.3. The fraction of sp³-hybridized carbons (Fsp3) is 0.779. The Bertz CT molecular complexity index is 1700. The fourth-order valence-corrected chi connectivity index (χ4v) is 10.4. The molecule has 474 valence electrons. The maximum atomic E-state index is 13.3. The summed E-state index contributed by atoms with van der Waals surface area (Å²) in [5.74, 6) is -0.282. The molecular formula is C68H119NO13. The first kappa shape index (κ1) is 75.3. The molecule has 0 spiro atoms. The number of rotatable bonds is 52. The van der Waals surface area contributed by atoms with Gasteiger partial charge in [-0.1, -0.05) is 253 Å². The number of unbranched alkanes of at least 4 members (excludes halogenated alkanes) is 27. The van der Waals surface area contributed by atoms with Crippen LogP contribution in [0.25, 0.3) is 0 Å². The topological polar surface area (TPSA) is 228 Å². The maximum absolute atomic E-state index is 13.3. The summed E-state index contributed by atoms with van der Waals surface area (Å²) in [6.07, 6.45) is 54.9. The molecule has 2 saturated heterocycles. The molecule has 0 aromatic heterocycles. The van der Waals surface area contributed by atoms with E-state index in [4.69, 9.17) is 18.9 Å². The highest BCUT2D eigenvalue weighted by molar-refractivity contribution is 5.76.